The van der Waals surface area contributed by atoms with Gasteiger partial charge >= 0.3 is 17.9 Å². The van der Waals surface area contributed by atoms with Gasteiger partial charge in [-0.3, -0.25) is 0 Å². The molecule has 0 saturated heterocycles. The molecule has 0 aliphatic carbocycles. The molecule has 0 saturated carbocycles. The molecule has 1 unspecified atom stereocenters. The van der Waals surface area contributed by atoms with Crippen molar-refractivity contribution in [3.63, 3.8) is 0 Å². The number of halogens is 1. The van der Waals surface area contributed by atoms with Crippen molar-refractivity contribution in [3.05, 3.63) is 59.2 Å². The summed E-state index contributed by atoms with van der Waals surface area (Å²) in [4.78, 5) is 38.0. The molecule has 0 aromatic heterocycles. The molecule has 1 atom stereocenters. The Morgan fingerprint density at radius 2 is 1.64 bits per heavy atom. The summed E-state index contributed by atoms with van der Waals surface area (Å²) in [5.41, 5.74) is -1.50. The molecule has 2 aromatic carbocycles. The molecule has 0 spiro atoms. The van der Waals surface area contributed by atoms with Gasteiger partial charge in [-0.05, 0) is 24.6 Å². The van der Waals surface area contributed by atoms with Gasteiger partial charge in [0.25, 0.3) is 0 Å². The lowest BCUT2D eigenvalue weighted by Crippen LogP contribution is -2.35. The van der Waals surface area contributed by atoms with Crippen molar-refractivity contribution in [3.8, 4) is 0 Å². The monoisotopic (exact) mass is 446 g/mol. The number of carbonyl (C=O) groups excluding carboxylic acids is 3. The van der Waals surface area contributed by atoms with Gasteiger partial charge in [-0.25, -0.2) is 14.4 Å². The molecule has 1 aliphatic heterocycles. The van der Waals surface area contributed by atoms with Crippen LogP contribution in [0, 0.1) is 0 Å². The molecule has 7 heteroatoms. The van der Waals surface area contributed by atoms with E-state index in [0.717, 1.165) is 10.8 Å². The lowest BCUT2D eigenvalue weighted by Gasteiger charge is -2.29. The number of rotatable bonds is 6. The van der Waals surface area contributed by atoms with Crippen molar-refractivity contribution in [2.24, 2.45) is 0 Å². The lowest BCUT2D eigenvalue weighted by molar-refractivity contribution is -0.150. The van der Waals surface area contributed by atoms with E-state index in [1.165, 1.54) is 0 Å². The molecule has 6 nitrogen and oxygen atoms in total. The van der Waals surface area contributed by atoms with Gasteiger partial charge in [0.05, 0.1) is 18.5 Å². The zero-order valence-corrected chi connectivity index (χ0v) is 17.1. The van der Waals surface area contributed by atoms with Crippen molar-refractivity contribution in [1.82, 2.24) is 0 Å². The first-order valence-electron chi connectivity index (χ1n) is 8.86. The third kappa shape index (κ3) is 3.20. The second kappa shape index (κ2) is 8.14. The first kappa shape index (κ1) is 20.1. The van der Waals surface area contributed by atoms with Gasteiger partial charge < -0.3 is 14.2 Å². The molecule has 0 N–H and O–H groups in total. The van der Waals surface area contributed by atoms with Gasteiger partial charge in [0.2, 0.25) is 0 Å². The molecule has 0 radical (unpaired) electrons. The topological polar surface area (TPSA) is 78.9 Å². The Labute approximate surface area is 170 Å². The Morgan fingerprint density at radius 3 is 2.32 bits per heavy atom. The molecule has 146 valence electrons. The predicted molar refractivity (Wildman–Crippen MR) is 106 cm³/mol. The maximum absolute atomic E-state index is 12.9. The zero-order chi connectivity index (χ0) is 20.3. The lowest BCUT2D eigenvalue weighted by atomic mass is 9.83. The zero-order valence-electron chi connectivity index (χ0n) is 15.5. The van der Waals surface area contributed by atoms with Crippen molar-refractivity contribution in [2.75, 3.05) is 18.5 Å². The van der Waals surface area contributed by atoms with Crippen LogP contribution < -0.4 is 0 Å². The standard InChI is InChI=1S/C21H19BrO6/c1-3-26-18(23)16-17(20(25)27-4-2)21(12-22,28-19(16)24)15-11-7-9-13-8-5-6-10-14(13)15/h5-11H,3-4,12H2,1-2H3. The Hall–Kier alpha value is -2.67. The highest BCUT2D eigenvalue weighted by atomic mass is 79.9. The van der Waals surface area contributed by atoms with E-state index in [0.29, 0.717) is 5.56 Å². The van der Waals surface area contributed by atoms with Crippen molar-refractivity contribution in [1.29, 1.82) is 0 Å². The van der Waals surface area contributed by atoms with Crippen LogP contribution in [0.3, 0.4) is 0 Å². The number of carbonyl (C=O) groups is 3. The average molecular weight is 447 g/mol. The second-order valence-electron chi connectivity index (χ2n) is 6.07. The van der Waals surface area contributed by atoms with Gasteiger partial charge in [0, 0.05) is 5.56 Å². The van der Waals surface area contributed by atoms with Crippen LogP contribution in [0.1, 0.15) is 19.4 Å². The summed E-state index contributed by atoms with van der Waals surface area (Å²) in [6.07, 6.45) is 0. The molecule has 1 heterocycles. The molecule has 3 rings (SSSR count). The minimum absolute atomic E-state index is 0.0568. The summed E-state index contributed by atoms with van der Waals surface area (Å²) in [5, 5.41) is 1.77. The quantitative estimate of drug-likeness (QED) is 0.292. The van der Waals surface area contributed by atoms with E-state index in [9.17, 15) is 14.4 Å². The van der Waals surface area contributed by atoms with E-state index < -0.39 is 29.1 Å². The van der Waals surface area contributed by atoms with Gasteiger partial charge in [-0.2, -0.15) is 0 Å². The maximum atomic E-state index is 12.9. The van der Waals surface area contributed by atoms with Crippen molar-refractivity contribution < 1.29 is 28.6 Å². The molecular weight excluding hydrogens is 428 g/mol. The molecule has 28 heavy (non-hydrogen) atoms. The number of cyclic esters (lactones) is 1. The summed E-state index contributed by atoms with van der Waals surface area (Å²) in [6.45, 7) is 3.40. The van der Waals surface area contributed by atoms with E-state index in [2.05, 4.69) is 15.9 Å². The fraction of sp³-hybridized carbons (Fsp3) is 0.286. The molecule has 2 aromatic rings. The van der Waals surface area contributed by atoms with Crippen LogP contribution in [0.15, 0.2) is 53.6 Å². The van der Waals surface area contributed by atoms with E-state index in [4.69, 9.17) is 14.2 Å². The van der Waals surface area contributed by atoms with Crippen molar-refractivity contribution >= 4 is 44.6 Å². The van der Waals surface area contributed by atoms with Crippen LogP contribution in [0.2, 0.25) is 0 Å². The van der Waals surface area contributed by atoms with Crippen molar-refractivity contribution in [2.45, 2.75) is 19.4 Å². The number of alkyl halides is 1. The van der Waals surface area contributed by atoms with Gasteiger partial charge in [-0.15, -0.1) is 0 Å². The Morgan fingerprint density at radius 1 is 1.00 bits per heavy atom. The van der Waals surface area contributed by atoms with Gasteiger partial charge in [0.15, 0.2) is 11.2 Å². The molecule has 0 fully saturated rings. The Kier molecular flexibility index (Phi) is 5.84. The van der Waals surface area contributed by atoms with E-state index in [1.807, 2.05) is 30.3 Å². The highest BCUT2D eigenvalue weighted by molar-refractivity contribution is 9.09. The largest absolute Gasteiger partial charge is 0.462 e. The van der Waals surface area contributed by atoms with Crippen LogP contribution in [0.4, 0.5) is 0 Å². The summed E-state index contributed by atoms with van der Waals surface area (Å²) in [7, 11) is 0. The minimum atomic E-state index is -1.51. The first-order chi connectivity index (χ1) is 13.5. The van der Waals surface area contributed by atoms with E-state index in [1.54, 1.807) is 26.0 Å². The summed E-state index contributed by atoms with van der Waals surface area (Å²) in [6, 6.07) is 13.0. The normalized spacial score (nSPS) is 18.9. The third-order valence-electron chi connectivity index (χ3n) is 4.50. The molecule has 0 bridgehead atoms. The summed E-state index contributed by atoms with van der Waals surface area (Å²) in [5.74, 6) is -2.60. The summed E-state index contributed by atoms with van der Waals surface area (Å²) < 4.78 is 15.9. The number of esters is 3. The highest BCUT2D eigenvalue weighted by Gasteiger charge is 2.55. The Bertz CT molecular complexity index is 975. The smallest absolute Gasteiger partial charge is 0.347 e. The van der Waals surface area contributed by atoms with E-state index in [-0.39, 0.29) is 24.1 Å². The average Bonchev–Trinajstić information content (AvgIpc) is 3.01. The first-order valence-corrected chi connectivity index (χ1v) is 9.98. The SMILES string of the molecule is CCOC(=O)C1=C(C(=O)OCC)C(CBr)(c2cccc3ccccc23)OC1=O. The van der Waals surface area contributed by atoms with Crippen LogP contribution in [0.5, 0.6) is 0 Å². The number of hydrogen-bond donors (Lipinski definition) is 0. The van der Waals surface area contributed by atoms with Crippen LogP contribution >= 0.6 is 15.9 Å². The molecular formula is C21H19BrO6. The minimum Gasteiger partial charge on any atom is -0.462 e. The van der Waals surface area contributed by atoms with Crippen LogP contribution in [-0.4, -0.2) is 36.5 Å². The fourth-order valence-electron chi connectivity index (χ4n) is 3.36. The molecule has 1 aliphatic rings. The fourth-order valence-corrected chi connectivity index (χ4v) is 4.05. The van der Waals surface area contributed by atoms with Crippen LogP contribution in [-0.2, 0) is 34.2 Å². The number of ether oxygens (including phenoxy) is 3. The Balaban J connectivity index is 2.32. The summed E-state index contributed by atoms with van der Waals surface area (Å²) >= 11 is 3.39. The van der Waals surface area contributed by atoms with Crippen LogP contribution in [0.25, 0.3) is 10.8 Å². The molecule has 0 amide bonds. The van der Waals surface area contributed by atoms with Gasteiger partial charge in [0.1, 0.15) is 5.57 Å². The van der Waals surface area contributed by atoms with Gasteiger partial charge in [-0.1, -0.05) is 58.4 Å². The maximum Gasteiger partial charge on any atom is 0.347 e. The second-order valence-corrected chi connectivity index (χ2v) is 6.63. The third-order valence-corrected chi connectivity index (χ3v) is 5.29. The number of fused-ring (bicyclic) bond motifs is 1. The number of hydrogen-bond acceptors (Lipinski definition) is 6. The highest BCUT2D eigenvalue weighted by Crippen LogP contribution is 2.46. The van der Waals surface area contributed by atoms with E-state index >= 15 is 0 Å². The predicted octanol–water partition coefficient (Wildman–Crippen LogP) is 3.41. The number of benzene rings is 2.